The number of likely N-dealkylation sites (tertiary alicyclic amines) is 1. The first-order chi connectivity index (χ1) is 9.61. The van der Waals surface area contributed by atoms with Crippen LogP contribution in [0.2, 0.25) is 0 Å². The highest BCUT2D eigenvalue weighted by molar-refractivity contribution is 5.39. The Balaban J connectivity index is 2.00. The van der Waals surface area contributed by atoms with Gasteiger partial charge in [-0.05, 0) is 87.7 Å². The zero-order valence-corrected chi connectivity index (χ0v) is 13.2. The molecule has 3 rings (SSSR count). The quantitative estimate of drug-likeness (QED) is 0.912. The molecule has 2 aliphatic rings. The van der Waals surface area contributed by atoms with Crippen LogP contribution in [0.1, 0.15) is 54.0 Å². The summed E-state index contributed by atoms with van der Waals surface area (Å²) in [7, 11) is 0. The Morgan fingerprint density at radius 2 is 1.75 bits per heavy atom. The predicted molar refractivity (Wildman–Crippen MR) is 84.9 cm³/mol. The van der Waals surface area contributed by atoms with E-state index in [1.165, 1.54) is 54.5 Å². The largest absolute Gasteiger partial charge is 0.330 e. The van der Waals surface area contributed by atoms with Gasteiger partial charge in [-0.15, -0.1) is 0 Å². The van der Waals surface area contributed by atoms with Crippen molar-refractivity contribution in [2.45, 2.75) is 58.5 Å². The summed E-state index contributed by atoms with van der Waals surface area (Å²) in [4.78, 5) is 2.76. The zero-order chi connectivity index (χ0) is 14.3. The van der Waals surface area contributed by atoms with E-state index in [9.17, 15) is 0 Å². The first-order valence-electron chi connectivity index (χ1n) is 8.15. The molecular weight excluding hydrogens is 244 g/mol. The van der Waals surface area contributed by atoms with Crippen molar-refractivity contribution in [3.63, 3.8) is 0 Å². The van der Waals surface area contributed by atoms with Gasteiger partial charge in [-0.3, -0.25) is 4.90 Å². The van der Waals surface area contributed by atoms with E-state index in [1.54, 1.807) is 0 Å². The number of nitrogens with zero attached hydrogens (tertiary/aromatic N) is 1. The molecule has 1 aliphatic carbocycles. The van der Waals surface area contributed by atoms with E-state index < -0.39 is 0 Å². The van der Waals surface area contributed by atoms with Crippen molar-refractivity contribution in [1.82, 2.24) is 4.90 Å². The topological polar surface area (TPSA) is 29.3 Å². The number of hydrogen-bond acceptors (Lipinski definition) is 2. The zero-order valence-electron chi connectivity index (χ0n) is 13.2. The normalized spacial score (nSPS) is 27.8. The molecule has 110 valence electrons. The van der Waals surface area contributed by atoms with Gasteiger partial charge in [0.05, 0.1) is 0 Å². The Labute approximate surface area is 123 Å². The van der Waals surface area contributed by atoms with Gasteiger partial charge in [-0.1, -0.05) is 12.1 Å². The van der Waals surface area contributed by atoms with Crippen LogP contribution in [0.25, 0.3) is 0 Å². The second-order valence-electron chi connectivity index (χ2n) is 6.84. The molecular formula is C18H28N2. The van der Waals surface area contributed by atoms with Crippen LogP contribution in [0.15, 0.2) is 12.1 Å². The average Bonchev–Trinajstić information content (AvgIpc) is 3.26. The second kappa shape index (κ2) is 5.50. The van der Waals surface area contributed by atoms with E-state index in [0.717, 1.165) is 12.6 Å². The molecule has 1 aliphatic heterocycles. The fourth-order valence-corrected chi connectivity index (χ4v) is 3.90. The minimum atomic E-state index is 0.556. The lowest BCUT2D eigenvalue weighted by Crippen LogP contribution is -2.43. The van der Waals surface area contributed by atoms with E-state index in [1.807, 2.05) is 0 Å². The molecule has 0 aromatic heterocycles. The molecule has 2 atom stereocenters. The Morgan fingerprint density at radius 3 is 2.40 bits per heavy atom. The molecule has 1 heterocycles. The third-order valence-corrected chi connectivity index (χ3v) is 5.31. The minimum absolute atomic E-state index is 0.556. The summed E-state index contributed by atoms with van der Waals surface area (Å²) in [6.45, 7) is 8.81. The summed E-state index contributed by atoms with van der Waals surface area (Å²) in [6.07, 6.45) is 5.38. The number of nitrogens with two attached hydrogens (primary N) is 1. The lowest BCUT2D eigenvalue weighted by Gasteiger charge is -2.42. The van der Waals surface area contributed by atoms with Crippen LogP contribution in [-0.4, -0.2) is 24.0 Å². The SMILES string of the molecule is Cc1cc(C)c(C2C(CN)CCCN2C2CC2)cc1C. The average molecular weight is 272 g/mol. The molecule has 2 N–H and O–H groups in total. The fraction of sp³-hybridized carbons (Fsp3) is 0.667. The van der Waals surface area contributed by atoms with E-state index in [2.05, 4.69) is 37.8 Å². The Kier molecular flexibility index (Phi) is 3.87. The van der Waals surface area contributed by atoms with Crippen molar-refractivity contribution in [2.24, 2.45) is 11.7 Å². The maximum Gasteiger partial charge on any atom is 0.0393 e. The third-order valence-electron chi connectivity index (χ3n) is 5.31. The number of aryl methyl sites for hydroxylation is 3. The molecule has 1 saturated heterocycles. The smallest absolute Gasteiger partial charge is 0.0393 e. The van der Waals surface area contributed by atoms with E-state index in [-0.39, 0.29) is 0 Å². The molecule has 20 heavy (non-hydrogen) atoms. The van der Waals surface area contributed by atoms with E-state index >= 15 is 0 Å². The lowest BCUT2D eigenvalue weighted by molar-refractivity contribution is 0.0875. The van der Waals surface area contributed by atoms with Crippen molar-refractivity contribution < 1.29 is 0 Å². The van der Waals surface area contributed by atoms with Crippen molar-refractivity contribution in [1.29, 1.82) is 0 Å². The van der Waals surface area contributed by atoms with Gasteiger partial charge in [-0.2, -0.15) is 0 Å². The molecule has 0 spiro atoms. The highest BCUT2D eigenvalue weighted by Crippen LogP contribution is 2.43. The standard InChI is InChI=1S/C18H28N2/c1-12-9-14(3)17(10-13(12)2)18-15(11-19)5-4-8-20(18)16-6-7-16/h9-10,15-16,18H,4-8,11,19H2,1-3H3. The molecule has 2 nitrogen and oxygen atoms in total. The van der Waals surface area contributed by atoms with Crippen LogP contribution < -0.4 is 5.73 Å². The predicted octanol–water partition coefficient (Wildman–Crippen LogP) is 3.49. The maximum atomic E-state index is 6.11. The monoisotopic (exact) mass is 272 g/mol. The Bertz CT molecular complexity index is 490. The van der Waals surface area contributed by atoms with Gasteiger partial charge >= 0.3 is 0 Å². The van der Waals surface area contributed by atoms with Gasteiger partial charge in [0.2, 0.25) is 0 Å². The van der Waals surface area contributed by atoms with Gasteiger partial charge in [0.25, 0.3) is 0 Å². The van der Waals surface area contributed by atoms with E-state index in [0.29, 0.717) is 12.0 Å². The van der Waals surface area contributed by atoms with Crippen LogP contribution in [0.5, 0.6) is 0 Å². The third kappa shape index (κ3) is 2.51. The van der Waals surface area contributed by atoms with Crippen molar-refractivity contribution >= 4 is 0 Å². The first-order valence-corrected chi connectivity index (χ1v) is 8.15. The molecule has 2 unspecified atom stereocenters. The van der Waals surface area contributed by atoms with Crippen LogP contribution >= 0.6 is 0 Å². The van der Waals surface area contributed by atoms with E-state index in [4.69, 9.17) is 5.73 Å². The summed E-state index contributed by atoms with van der Waals surface area (Å²) in [5.41, 5.74) is 11.9. The van der Waals surface area contributed by atoms with Crippen LogP contribution in [0.3, 0.4) is 0 Å². The van der Waals surface area contributed by atoms with Crippen molar-refractivity contribution in [3.05, 3.63) is 34.4 Å². The highest BCUT2D eigenvalue weighted by Gasteiger charge is 2.40. The highest BCUT2D eigenvalue weighted by atomic mass is 15.2. The molecule has 2 fully saturated rings. The number of rotatable bonds is 3. The summed E-state index contributed by atoms with van der Waals surface area (Å²) >= 11 is 0. The number of piperidine rings is 1. The lowest BCUT2D eigenvalue weighted by atomic mass is 9.82. The number of hydrogen-bond donors (Lipinski definition) is 1. The maximum absolute atomic E-state index is 6.11. The molecule has 0 radical (unpaired) electrons. The fourth-order valence-electron chi connectivity index (χ4n) is 3.90. The number of benzene rings is 1. The summed E-state index contributed by atoms with van der Waals surface area (Å²) < 4.78 is 0. The summed E-state index contributed by atoms with van der Waals surface area (Å²) in [5.74, 6) is 0.630. The second-order valence-corrected chi connectivity index (χ2v) is 6.84. The molecule has 0 amide bonds. The van der Waals surface area contributed by atoms with Gasteiger partial charge in [0, 0.05) is 12.1 Å². The van der Waals surface area contributed by atoms with Crippen LogP contribution in [-0.2, 0) is 0 Å². The van der Waals surface area contributed by atoms with Gasteiger partial charge in [-0.25, -0.2) is 0 Å². The van der Waals surface area contributed by atoms with Gasteiger partial charge in [0.15, 0.2) is 0 Å². The Morgan fingerprint density at radius 1 is 1.05 bits per heavy atom. The molecule has 1 saturated carbocycles. The van der Waals surface area contributed by atoms with Gasteiger partial charge in [0.1, 0.15) is 0 Å². The molecule has 1 aromatic carbocycles. The minimum Gasteiger partial charge on any atom is -0.330 e. The first kappa shape index (κ1) is 14.1. The molecule has 1 aromatic rings. The summed E-state index contributed by atoms with van der Waals surface area (Å²) in [6, 6.07) is 6.17. The van der Waals surface area contributed by atoms with Crippen LogP contribution in [0, 0.1) is 26.7 Å². The van der Waals surface area contributed by atoms with Crippen molar-refractivity contribution in [3.8, 4) is 0 Å². The summed E-state index contributed by atoms with van der Waals surface area (Å²) in [5, 5.41) is 0. The van der Waals surface area contributed by atoms with Crippen LogP contribution in [0.4, 0.5) is 0 Å². The molecule has 0 bridgehead atoms. The molecule has 2 heteroatoms. The van der Waals surface area contributed by atoms with Gasteiger partial charge < -0.3 is 5.73 Å². The van der Waals surface area contributed by atoms with Crippen molar-refractivity contribution in [2.75, 3.05) is 13.1 Å². The Hall–Kier alpha value is -0.860.